The largest absolute Gasteiger partial charge is 0.464 e. The van der Waals surface area contributed by atoms with E-state index < -0.39 is 6.29 Å². The van der Waals surface area contributed by atoms with Crippen molar-refractivity contribution >= 4 is 27.9 Å². The summed E-state index contributed by atoms with van der Waals surface area (Å²) in [4.78, 5) is 20.7. The van der Waals surface area contributed by atoms with E-state index >= 15 is 0 Å². The van der Waals surface area contributed by atoms with Crippen molar-refractivity contribution in [1.82, 2.24) is 15.3 Å². The molecule has 1 aliphatic heterocycles. The number of hydrogen-bond donors (Lipinski definition) is 3. The van der Waals surface area contributed by atoms with Gasteiger partial charge < -0.3 is 29.3 Å². The highest BCUT2D eigenvalue weighted by atomic mass is 16.7. The smallest absolute Gasteiger partial charge is 0.286 e. The highest BCUT2D eigenvalue weighted by molar-refractivity contribution is 5.92. The van der Waals surface area contributed by atoms with Crippen LogP contribution in [0.1, 0.15) is 36.6 Å². The molecule has 0 saturated heterocycles. The van der Waals surface area contributed by atoms with Gasteiger partial charge >= 0.3 is 0 Å². The Bertz CT molecular complexity index is 1280. The third kappa shape index (κ3) is 4.83. The molecular formula is C26H27N3O5. The first-order valence-electron chi connectivity index (χ1n) is 11.5. The predicted molar refractivity (Wildman–Crippen MR) is 127 cm³/mol. The minimum absolute atomic E-state index is 0.104. The summed E-state index contributed by atoms with van der Waals surface area (Å²) in [6.45, 7) is 0.807. The number of amides is 1. The number of allylic oxidation sites excluding steroid dienone is 1. The van der Waals surface area contributed by atoms with Crippen LogP contribution in [-0.2, 0) is 20.8 Å². The van der Waals surface area contributed by atoms with E-state index in [9.17, 15) is 4.79 Å². The summed E-state index contributed by atoms with van der Waals surface area (Å²) in [6.07, 6.45) is 4.93. The van der Waals surface area contributed by atoms with Crippen molar-refractivity contribution < 1.29 is 23.8 Å². The van der Waals surface area contributed by atoms with E-state index in [0.717, 1.165) is 27.6 Å². The lowest BCUT2D eigenvalue weighted by molar-refractivity contribution is -0.146. The fraction of sp³-hybridized carbons (Fsp3) is 0.308. The first kappa shape index (κ1) is 22.2. The number of nitrogens with zero attached hydrogens (tertiary/aromatic N) is 1. The molecule has 2 aromatic carbocycles. The van der Waals surface area contributed by atoms with Gasteiger partial charge in [0.05, 0.1) is 30.4 Å². The SMILES string of the molecule is O=C(NCc1nc2ccccc2[nH]1)C1=C[C@@H](c2coc3ccccc23)C[C@@H](OCCCCO)O1. The van der Waals surface area contributed by atoms with E-state index in [1.807, 2.05) is 54.6 Å². The molecule has 0 aliphatic carbocycles. The van der Waals surface area contributed by atoms with E-state index in [1.54, 1.807) is 6.26 Å². The lowest BCUT2D eigenvalue weighted by atomic mass is 9.92. The Kier molecular flexibility index (Phi) is 6.60. The zero-order valence-corrected chi connectivity index (χ0v) is 18.7. The van der Waals surface area contributed by atoms with Crippen molar-refractivity contribution in [2.24, 2.45) is 0 Å². The molecule has 0 spiro atoms. The maximum Gasteiger partial charge on any atom is 0.286 e. The van der Waals surface area contributed by atoms with Crippen LogP contribution in [-0.4, -0.2) is 40.5 Å². The number of nitrogens with one attached hydrogen (secondary N) is 2. The molecule has 8 nitrogen and oxygen atoms in total. The third-order valence-electron chi connectivity index (χ3n) is 5.90. The summed E-state index contributed by atoms with van der Waals surface area (Å²) in [7, 11) is 0. The predicted octanol–water partition coefficient (Wildman–Crippen LogP) is 4.13. The highest BCUT2D eigenvalue weighted by Crippen LogP contribution is 2.36. The lowest BCUT2D eigenvalue weighted by Gasteiger charge is -2.29. The molecule has 0 fully saturated rings. The zero-order valence-electron chi connectivity index (χ0n) is 18.7. The molecular weight excluding hydrogens is 434 g/mol. The molecule has 4 aromatic rings. The molecule has 0 saturated carbocycles. The average molecular weight is 462 g/mol. The van der Waals surface area contributed by atoms with E-state index in [4.69, 9.17) is 19.0 Å². The van der Waals surface area contributed by atoms with Gasteiger partial charge in [0, 0.05) is 29.9 Å². The quantitative estimate of drug-likeness (QED) is 0.323. The fourth-order valence-corrected chi connectivity index (χ4v) is 4.19. The van der Waals surface area contributed by atoms with Gasteiger partial charge in [-0.1, -0.05) is 30.3 Å². The third-order valence-corrected chi connectivity index (χ3v) is 5.90. The number of H-pyrrole nitrogens is 1. The van der Waals surface area contributed by atoms with E-state index in [0.29, 0.717) is 31.7 Å². The summed E-state index contributed by atoms with van der Waals surface area (Å²) in [5, 5.41) is 12.9. The van der Waals surface area contributed by atoms with Crippen molar-refractivity contribution in [2.45, 2.75) is 38.0 Å². The number of ether oxygens (including phenoxy) is 2. The number of aliphatic hydroxyl groups excluding tert-OH is 1. The van der Waals surface area contributed by atoms with Crippen molar-refractivity contribution in [3.63, 3.8) is 0 Å². The van der Waals surface area contributed by atoms with E-state index in [-0.39, 0.29) is 30.7 Å². The van der Waals surface area contributed by atoms with Crippen LogP contribution in [0.5, 0.6) is 0 Å². The number of carbonyl (C=O) groups excluding carboxylic acids is 1. The van der Waals surface area contributed by atoms with Gasteiger partial charge in [-0.15, -0.1) is 0 Å². The summed E-state index contributed by atoms with van der Waals surface area (Å²) in [5.74, 6) is 0.444. The van der Waals surface area contributed by atoms with Gasteiger partial charge in [-0.25, -0.2) is 4.98 Å². The lowest BCUT2D eigenvalue weighted by Crippen LogP contribution is -2.33. The van der Waals surface area contributed by atoms with Crippen molar-refractivity contribution in [1.29, 1.82) is 0 Å². The number of fused-ring (bicyclic) bond motifs is 2. The Hall–Kier alpha value is -3.62. The Morgan fingerprint density at radius 1 is 1.18 bits per heavy atom. The Balaban J connectivity index is 1.33. The van der Waals surface area contributed by atoms with Gasteiger partial charge in [0.25, 0.3) is 5.91 Å². The zero-order chi connectivity index (χ0) is 23.3. The standard InChI is InChI=1S/C26H27N3O5/c30-11-5-6-12-32-25-14-17(19-16-33-22-10-4-1-7-18(19)22)13-23(34-25)26(31)27-15-24-28-20-8-2-3-9-21(20)29-24/h1-4,7-10,13,16-17,25,30H,5-6,11-12,14-15H2,(H,27,31)(H,28,29)/t17-,25+/m1/s1. The van der Waals surface area contributed by atoms with Gasteiger partial charge in [0.15, 0.2) is 5.76 Å². The molecule has 0 radical (unpaired) electrons. The minimum Gasteiger partial charge on any atom is -0.464 e. The molecule has 34 heavy (non-hydrogen) atoms. The number of furan rings is 1. The Morgan fingerprint density at radius 2 is 2.03 bits per heavy atom. The van der Waals surface area contributed by atoms with Crippen LogP contribution >= 0.6 is 0 Å². The van der Waals surface area contributed by atoms with E-state index in [1.165, 1.54) is 0 Å². The van der Waals surface area contributed by atoms with Crippen molar-refractivity contribution in [3.05, 3.63) is 78.0 Å². The number of carbonyl (C=O) groups is 1. The first-order valence-corrected chi connectivity index (χ1v) is 11.5. The molecule has 1 aliphatic rings. The number of unbranched alkanes of at least 4 members (excludes halogenated alkanes) is 1. The maximum absolute atomic E-state index is 13.0. The summed E-state index contributed by atoms with van der Waals surface area (Å²) < 4.78 is 17.6. The second-order valence-corrected chi connectivity index (χ2v) is 8.29. The number of benzene rings is 2. The molecule has 2 aromatic heterocycles. The van der Waals surface area contributed by atoms with Crippen LogP contribution in [0.3, 0.4) is 0 Å². The summed E-state index contributed by atoms with van der Waals surface area (Å²) in [5.41, 5.74) is 3.56. The van der Waals surface area contributed by atoms with E-state index in [2.05, 4.69) is 15.3 Å². The van der Waals surface area contributed by atoms with Crippen molar-refractivity contribution in [3.8, 4) is 0 Å². The molecule has 0 unspecified atom stereocenters. The summed E-state index contributed by atoms with van der Waals surface area (Å²) in [6, 6.07) is 15.5. The van der Waals surface area contributed by atoms with Gasteiger partial charge in [0.1, 0.15) is 11.4 Å². The topological polar surface area (TPSA) is 110 Å². The maximum atomic E-state index is 13.0. The van der Waals surface area contributed by atoms with Crippen LogP contribution in [0.15, 0.2) is 71.0 Å². The van der Waals surface area contributed by atoms with Crippen LogP contribution in [0.25, 0.3) is 22.0 Å². The minimum atomic E-state index is -0.575. The van der Waals surface area contributed by atoms with Crippen molar-refractivity contribution in [2.75, 3.05) is 13.2 Å². The summed E-state index contributed by atoms with van der Waals surface area (Å²) >= 11 is 0. The number of aliphatic hydroxyl groups is 1. The number of imidazole rings is 1. The first-order chi connectivity index (χ1) is 16.7. The number of hydrogen-bond acceptors (Lipinski definition) is 6. The average Bonchev–Trinajstić information content (AvgIpc) is 3.49. The molecule has 1 amide bonds. The van der Waals surface area contributed by atoms with Crippen LogP contribution in [0, 0.1) is 0 Å². The second-order valence-electron chi connectivity index (χ2n) is 8.29. The van der Waals surface area contributed by atoms with Gasteiger partial charge in [-0.3, -0.25) is 4.79 Å². The van der Waals surface area contributed by atoms with Crippen LogP contribution in [0.2, 0.25) is 0 Å². The number of para-hydroxylation sites is 3. The number of rotatable bonds is 9. The van der Waals surface area contributed by atoms with Crippen LogP contribution < -0.4 is 5.32 Å². The van der Waals surface area contributed by atoms with Gasteiger partial charge in [-0.2, -0.15) is 0 Å². The number of aromatic amines is 1. The van der Waals surface area contributed by atoms with Crippen LogP contribution in [0.4, 0.5) is 0 Å². The molecule has 3 heterocycles. The second kappa shape index (κ2) is 10.1. The molecule has 0 bridgehead atoms. The Morgan fingerprint density at radius 3 is 2.91 bits per heavy atom. The molecule has 3 N–H and O–H groups in total. The Labute approximate surface area is 196 Å². The molecule has 8 heteroatoms. The monoisotopic (exact) mass is 461 g/mol. The van der Waals surface area contributed by atoms with Gasteiger partial charge in [0.2, 0.25) is 6.29 Å². The normalized spacial score (nSPS) is 18.1. The highest BCUT2D eigenvalue weighted by Gasteiger charge is 2.30. The molecule has 5 rings (SSSR count). The van der Waals surface area contributed by atoms with Gasteiger partial charge in [-0.05, 0) is 37.1 Å². The fourth-order valence-electron chi connectivity index (χ4n) is 4.19. The molecule has 2 atom stereocenters. The molecule has 176 valence electrons. The number of aromatic nitrogens is 2.